The number of ether oxygens (including phenoxy) is 1. The number of unbranched alkanes of at least 4 members (excludes halogenated alkanes) is 61. The lowest BCUT2D eigenvalue weighted by Crippen LogP contribution is -2.45. The number of aliphatic hydroxyl groups excluding tert-OH is 2. The molecule has 0 saturated carbocycles. The van der Waals surface area contributed by atoms with Crippen LogP contribution >= 0.6 is 0 Å². The summed E-state index contributed by atoms with van der Waals surface area (Å²) in [5.74, 6) is -0.0374. The van der Waals surface area contributed by atoms with Crippen LogP contribution < -0.4 is 5.32 Å². The van der Waals surface area contributed by atoms with Gasteiger partial charge in [-0.1, -0.05) is 410 Å². The van der Waals surface area contributed by atoms with E-state index in [0.29, 0.717) is 19.4 Å². The van der Waals surface area contributed by atoms with Gasteiger partial charge >= 0.3 is 5.97 Å². The number of carbonyl (C=O) groups excluding carboxylic acids is 2. The standard InChI is InChI=1S/C82H157NO5/c1-3-5-7-9-11-13-15-17-18-19-41-45-48-52-56-60-64-68-72-76-82(87)88-77-73-69-65-61-57-53-49-46-43-40-38-36-34-32-30-28-26-24-22-20-21-23-25-27-29-31-33-35-37-39-42-44-47-51-55-59-63-67-71-75-81(86)83-79(78-84)80(85)74-70-66-62-58-54-50-16-14-12-10-8-6-4-2/h20-21,24,26,70,74,79-80,84-85H,3-19,22-23,25,27-69,71-73,75-78H2,1-2H3,(H,83,86)/b21-20-,26-24-,74-70+. The second kappa shape index (κ2) is 77.5. The molecule has 0 aliphatic heterocycles. The van der Waals surface area contributed by atoms with Crippen LogP contribution in [0.3, 0.4) is 0 Å². The quantitative estimate of drug-likeness (QED) is 0.0320. The third-order valence-electron chi connectivity index (χ3n) is 18.9. The molecule has 0 spiro atoms. The van der Waals surface area contributed by atoms with Crippen LogP contribution in [0.25, 0.3) is 0 Å². The Balaban J connectivity index is 3.33. The molecule has 0 radical (unpaired) electrons. The topological polar surface area (TPSA) is 95.9 Å². The molecular weight excluding hydrogens is 1080 g/mol. The Kier molecular flexibility index (Phi) is 75.8. The smallest absolute Gasteiger partial charge is 0.305 e. The van der Waals surface area contributed by atoms with Crippen LogP contribution in [-0.2, 0) is 14.3 Å². The summed E-state index contributed by atoms with van der Waals surface area (Å²) in [4.78, 5) is 24.6. The maximum Gasteiger partial charge on any atom is 0.305 e. The summed E-state index contributed by atoms with van der Waals surface area (Å²) in [7, 11) is 0. The molecule has 0 aliphatic rings. The van der Waals surface area contributed by atoms with Crippen LogP contribution in [0.15, 0.2) is 36.5 Å². The molecular formula is C82H157NO5. The lowest BCUT2D eigenvalue weighted by molar-refractivity contribution is -0.143. The zero-order valence-electron chi connectivity index (χ0n) is 59.7. The van der Waals surface area contributed by atoms with Crippen molar-refractivity contribution < 1.29 is 24.5 Å². The van der Waals surface area contributed by atoms with Crippen molar-refractivity contribution in [3.05, 3.63) is 36.5 Å². The number of allylic oxidation sites excluding steroid dienone is 5. The fourth-order valence-electron chi connectivity index (χ4n) is 12.8. The third-order valence-corrected chi connectivity index (χ3v) is 18.9. The van der Waals surface area contributed by atoms with E-state index >= 15 is 0 Å². The Morgan fingerprint density at radius 1 is 0.318 bits per heavy atom. The molecule has 0 aliphatic carbocycles. The van der Waals surface area contributed by atoms with E-state index in [4.69, 9.17) is 4.74 Å². The number of rotatable bonds is 76. The molecule has 0 bridgehead atoms. The predicted octanol–water partition coefficient (Wildman–Crippen LogP) is 26.6. The molecule has 0 aromatic rings. The summed E-state index contributed by atoms with van der Waals surface area (Å²) in [5, 5.41) is 23.1. The summed E-state index contributed by atoms with van der Waals surface area (Å²) >= 11 is 0. The van der Waals surface area contributed by atoms with Gasteiger partial charge in [0.2, 0.25) is 5.91 Å². The van der Waals surface area contributed by atoms with E-state index in [1.165, 1.54) is 379 Å². The number of hydrogen-bond donors (Lipinski definition) is 3. The van der Waals surface area contributed by atoms with Gasteiger partial charge in [0.05, 0.1) is 25.4 Å². The highest BCUT2D eigenvalue weighted by molar-refractivity contribution is 5.76. The number of carbonyl (C=O) groups is 2. The van der Waals surface area contributed by atoms with E-state index in [1.54, 1.807) is 6.08 Å². The van der Waals surface area contributed by atoms with Gasteiger partial charge in [-0.25, -0.2) is 0 Å². The van der Waals surface area contributed by atoms with Crippen molar-refractivity contribution in [3.8, 4) is 0 Å². The van der Waals surface area contributed by atoms with Crippen LogP contribution in [-0.4, -0.2) is 47.4 Å². The molecule has 0 aromatic carbocycles. The molecule has 0 aromatic heterocycles. The molecule has 6 heteroatoms. The maximum atomic E-state index is 12.5. The first kappa shape index (κ1) is 86.1. The lowest BCUT2D eigenvalue weighted by Gasteiger charge is -2.20. The van der Waals surface area contributed by atoms with E-state index < -0.39 is 12.1 Å². The number of hydrogen-bond acceptors (Lipinski definition) is 5. The van der Waals surface area contributed by atoms with Gasteiger partial charge in [0.15, 0.2) is 0 Å². The highest BCUT2D eigenvalue weighted by atomic mass is 16.5. The summed E-state index contributed by atoms with van der Waals surface area (Å²) in [6.45, 7) is 4.95. The van der Waals surface area contributed by atoms with Crippen molar-refractivity contribution in [1.82, 2.24) is 5.32 Å². The fourth-order valence-corrected chi connectivity index (χ4v) is 12.8. The molecule has 2 unspecified atom stereocenters. The van der Waals surface area contributed by atoms with Crippen molar-refractivity contribution in [1.29, 1.82) is 0 Å². The molecule has 520 valence electrons. The largest absolute Gasteiger partial charge is 0.466 e. The van der Waals surface area contributed by atoms with Crippen molar-refractivity contribution in [2.75, 3.05) is 13.2 Å². The first-order valence-electron chi connectivity index (χ1n) is 40.3. The van der Waals surface area contributed by atoms with Crippen LogP contribution in [0.2, 0.25) is 0 Å². The van der Waals surface area contributed by atoms with Crippen molar-refractivity contribution in [2.45, 2.75) is 463 Å². The van der Waals surface area contributed by atoms with E-state index in [1.807, 2.05) is 6.08 Å². The molecule has 6 nitrogen and oxygen atoms in total. The van der Waals surface area contributed by atoms with E-state index in [2.05, 4.69) is 43.5 Å². The Bertz CT molecular complexity index is 1430. The van der Waals surface area contributed by atoms with Crippen molar-refractivity contribution in [3.63, 3.8) is 0 Å². The first-order chi connectivity index (χ1) is 43.5. The minimum Gasteiger partial charge on any atom is -0.466 e. The van der Waals surface area contributed by atoms with E-state index in [0.717, 1.165) is 44.9 Å². The van der Waals surface area contributed by atoms with Gasteiger partial charge in [0.1, 0.15) is 0 Å². The van der Waals surface area contributed by atoms with Gasteiger partial charge in [-0.3, -0.25) is 9.59 Å². The lowest BCUT2D eigenvalue weighted by atomic mass is 10.0. The third kappa shape index (κ3) is 73.1. The monoisotopic (exact) mass is 1240 g/mol. The Morgan fingerprint density at radius 3 is 0.864 bits per heavy atom. The summed E-state index contributed by atoms with van der Waals surface area (Å²) in [6.07, 6.45) is 101. The molecule has 3 N–H and O–H groups in total. The second-order valence-electron chi connectivity index (χ2n) is 27.8. The Labute approximate surface area is 551 Å². The number of amides is 1. The van der Waals surface area contributed by atoms with Crippen LogP contribution in [0.5, 0.6) is 0 Å². The van der Waals surface area contributed by atoms with Gasteiger partial charge < -0.3 is 20.3 Å². The first-order valence-corrected chi connectivity index (χ1v) is 40.3. The minimum atomic E-state index is -0.842. The van der Waals surface area contributed by atoms with Gasteiger partial charge in [0, 0.05) is 12.8 Å². The summed E-state index contributed by atoms with van der Waals surface area (Å²) in [5.41, 5.74) is 0. The number of nitrogens with one attached hydrogen (secondary N) is 1. The van der Waals surface area contributed by atoms with Crippen molar-refractivity contribution in [2.24, 2.45) is 0 Å². The molecule has 1 amide bonds. The number of aliphatic hydroxyl groups is 2. The second-order valence-corrected chi connectivity index (χ2v) is 27.8. The van der Waals surface area contributed by atoms with E-state index in [9.17, 15) is 19.8 Å². The fraction of sp³-hybridized carbons (Fsp3) is 0.902. The zero-order valence-corrected chi connectivity index (χ0v) is 59.7. The van der Waals surface area contributed by atoms with Gasteiger partial charge in [-0.05, 0) is 64.2 Å². The zero-order chi connectivity index (χ0) is 63.5. The highest BCUT2D eigenvalue weighted by Crippen LogP contribution is 2.20. The minimum absolute atomic E-state index is 0.0257. The van der Waals surface area contributed by atoms with Gasteiger partial charge in [-0.2, -0.15) is 0 Å². The average Bonchev–Trinajstić information content (AvgIpc) is 3.58. The van der Waals surface area contributed by atoms with Gasteiger partial charge in [-0.15, -0.1) is 0 Å². The Morgan fingerprint density at radius 2 is 0.568 bits per heavy atom. The van der Waals surface area contributed by atoms with Gasteiger partial charge in [0.25, 0.3) is 0 Å². The molecule has 0 rings (SSSR count). The van der Waals surface area contributed by atoms with Crippen LogP contribution in [0.4, 0.5) is 0 Å². The average molecular weight is 1240 g/mol. The Hall–Kier alpha value is -1.92. The van der Waals surface area contributed by atoms with Crippen LogP contribution in [0.1, 0.15) is 450 Å². The molecule has 2 atom stereocenters. The maximum absolute atomic E-state index is 12.5. The molecule has 0 fully saturated rings. The normalized spacial score (nSPS) is 12.6. The molecule has 0 heterocycles. The molecule has 88 heavy (non-hydrogen) atoms. The van der Waals surface area contributed by atoms with Crippen LogP contribution in [0, 0.1) is 0 Å². The summed E-state index contributed by atoms with van der Waals surface area (Å²) in [6, 6.07) is -0.625. The van der Waals surface area contributed by atoms with E-state index in [-0.39, 0.29) is 18.5 Å². The predicted molar refractivity (Wildman–Crippen MR) is 389 cm³/mol. The summed E-state index contributed by atoms with van der Waals surface area (Å²) < 4.78 is 5.52. The SMILES string of the molecule is CCCCCCCCCCCCC/C=C/C(O)C(CO)NC(=O)CCCCCCCCCCCCCCCCCCC/C=C\C/C=C\CCCCCCCCCCCCCCCCCOC(=O)CCCCCCCCCCCCCCCCCCCCC. The van der Waals surface area contributed by atoms with Crippen molar-refractivity contribution >= 4 is 11.9 Å². The number of esters is 1. The molecule has 0 saturated heterocycles. The highest BCUT2D eigenvalue weighted by Gasteiger charge is 2.18.